The second kappa shape index (κ2) is 4.76. The molecule has 1 aliphatic heterocycles. The first-order chi connectivity index (χ1) is 7.66. The maximum absolute atomic E-state index is 13.1. The topological polar surface area (TPSA) is 32.7 Å². The molecule has 1 N–H and O–H groups in total. The van der Waals surface area contributed by atoms with Crippen molar-refractivity contribution in [1.29, 1.82) is 0 Å². The van der Waals surface area contributed by atoms with E-state index in [1.807, 2.05) is 0 Å². The Labute approximate surface area is 92.2 Å². The fourth-order valence-corrected chi connectivity index (χ4v) is 1.73. The molecule has 1 aromatic rings. The van der Waals surface area contributed by atoms with Crippen molar-refractivity contribution in [3.05, 3.63) is 29.3 Å². The summed E-state index contributed by atoms with van der Waals surface area (Å²) in [5.74, 6) is -2.74. The Hall–Kier alpha value is -1.20. The molecular weight excluding hydrogens is 216 g/mol. The van der Waals surface area contributed by atoms with E-state index in [2.05, 4.69) is 4.90 Å². The number of hydrogen-bond donors (Lipinski definition) is 1. The lowest BCUT2D eigenvalue weighted by atomic mass is 10.2. The van der Waals surface area contributed by atoms with Crippen LogP contribution in [0.25, 0.3) is 0 Å². The van der Waals surface area contributed by atoms with Gasteiger partial charge >= 0.3 is 0 Å². The number of nitrogens with zero attached hydrogens (tertiary/aromatic N) is 1. The van der Waals surface area contributed by atoms with Gasteiger partial charge in [0.05, 0.1) is 13.2 Å². The molecule has 0 spiro atoms. The Balaban J connectivity index is 2.09. The maximum atomic E-state index is 13.1. The Kier molecular flexibility index (Phi) is 3.36. The Morgan fingerprint density at radius 2 is 1.75 bits per heavy atom. The van der Waals surface area contributed by atoms with E-state index < -0.39 is 17.4 Å². The molecule has 1 heterocycles. The number of phenolic OH excluding ortho intramolecular Hbond substituents is 1. The SMILES string of the molecule is Oc1c(F)cc(CN2CCOCC2)cc1F. The van der Waals surface area contributed by atoms with Crippen molar-refractivity contribution in [3.63, 3.8) is 0 Å². The van der Waals surface area contributed by atoms with Crippen LogP contribution >= 0.6 is 0 Å². The van der Waals surface area contributed by atoms with Crippen LogP contribution < -0.4 is 0 Å². The van der Waals surface area contributed by atoms with E-state index in [0.29, 0.717) is 25.3 Å². The Morgan fingerprint density at radius 1 is 1.19 bits per heavy atom. The molecule has 0 saturated carbocycles. The quantitative estimate of drug-likeness (QED) is 0.834. The molecule has 1 aliphatic rings. The van der Waals surface area contributed by atoms with Crippen LogP contribution in [0, 0.1) is 11.6 Å². The number of halogens is 2. The van der Waals surface area contributed by atoms with Gasteiger partial charge in [-0.05, 0) is 17.7 Å². The number of rotatable bonds is 2. The zero-order valence-corrected chi connectivity index (χ0v) is 8.75. The van der Waals surface area contributed by atoms with E-state index in [0.717, 1.165) is 25.2 Å². The van der Waals surface area contributed by atoms with Gasteiger partial charge < -0.3 is 9.84 Å². The molecule has 3 nitrogen and oxygen atoms in total. The fourth-order valence-electron chi connectivity index (χ4n) is 1.73. The van der Waals surface area contributed by atoms with Gasteiger partial charge in [-0.3, -0.25) is 4.90 Å². The molecular formula is C11H13F2NO2. The predicted octanol–water partition coefficient (Wildman–Crippen LogP) is 1.50. The average Bonchev–Trinajstić information content (AvgIpc) is 2.27. The van der Waals surface area contributed by atoms with Gasteiger partial charge in [0.25, 0.3) is 0 Å². The summed E-state index contributed by atoms with van der Waals surface area (Å²) in [6, 6.07) is 2.32. The molecule has 16 heavy (non-hydrogen) atoms. The summed E-state index contributed by atoms with van der Waals surface area (Å²) < 4.78 is 31.3. The first-order valence-corrected chi connectivity index (χ1v) is 5.14. The van der Waals surface area contributed by atoms with Crippen molar-refractivity contribution in [3.8, 4) is 5.75 Å². The number of aromatic hydroxyl groups is 1. The highest BCUT2D eigenvalue weighted by Crippen LogP contribution is 2.22. The van der Waals surface area contributed by atoms with Crippen LogP contribution in [0.15, 0.2) is 12.1 Å². The molecule has 1 fully saturated rings. The molecule has 0 bridgehead atoms. The summed E-state index contributed by atoms with van der Waals surface area (Å²) in [6.07, 6.45) is 0. The van der Waals surface area contributed by atoms with Gasteiger partial charge in [-0.15, -0.1) is 0 Å². The standard InChI is InChI=1S/C11H13F2NO2/c12-9-5-8(6-10(13)11(9)15)7-14-1-3-16-4-2-14/h5-6,15H,1-4,7H2. The lowest BCUT2D eigenvalue weighted by Gasteiger charge is -2.26. The number of hydrogen-bond acceptors (Lipinski definition) is 3. The first kappa shape index (κ1) is 11.3. The monoisotopic (exact) mass is 229 g/mol. The number of morpholine rings is 1. The van der Waals surface area contributed by atoms with Crippen molar-refractivity contribution in [2.45, 2.75) is 6.54 Å². The summed E-state index contributed by atoms with van der Waals surface area (Å²) in [7, 11) is 0. The van der Waals surface area contributed by atoms with Gasteiger partial charge in [0.15, 0.2) is 17.4 Å². The van der Waals surface area contributed by atoms with Crippen molar-refractivity contribution in [2.24, 2.45) is 0 Å². The van der Waals surface area contributed by atoms with Crippen LogP contribution in [0.2, 0.25) is 0 Å². The number of ether oxygens (including phenoxy) is 1. The van der Waals surface area contributed by atoms with E-state index in [9.17, 15) is 8.78 Å². The van der Waals surface area contributed by atoms with E-state index in [-0.39, 0.29) is 0 Å². The molecule has 0 unspecified atom stereocenters. The highest BCUT2D eigenvalue weighted by atomic mass is 19.1. The molecule has 5 heteroatoms. The molecule has 2 rings (SSSR count). The van der Waals surface area contributed by atoms with Crippen LogP contribution in [0.1, 0.15) is 5.56 Å². The normalized spacial score (nSPS) is 17.6. The van der Waals surface area contributed by atoms with Crippen LogP contribution in [-0.2, 0) is 11.3 Å². The van der Waals surface area contributed by atoms with Gasteiger partial charge in [0.2, 0.25) is 0 Å². The third-order valence-corrected chi connectivity index (χ3v) is 2.59. The van der Waals surface area contributed by atoms with E-state index in [4.69, 9.17) is 9.84 Å². The average molecular weight is 229 g/mol. The van der Waals surface area contributed by atoms with Crippen molar-refractivity contribution in [1.82, 2.24) is 4.90 Å². The van der Waals surface area contributed by atoms with Gasteiger partial charge in [-0.25, -0.2) is 8.78 Å². The first-order valence-electron chi connectivity index (χ1n) is 5.14. The highest BCUT2D eigenvalue weighted by molar-refractivity contribution is 5.30. The van der Waals surface area contributed by atoms with Gasteiger partial charge in [0, 0.05) is 19.6 Å². The second-order valence-corrected chi connectivity index (χ2v) is 3.80. The van der Waals surface area contributed by atoms with E-state index in [1.54, 1.807) is 0 Å². The minimum Gasteiger partial charge on any atom is -0.503 e. The predicted molar refractivity (Wildman–Crippen MR) is 54.1 cm³/mol. The van der Waals surface area contributed by atoms with Crippen LogP contribution in [0.5, 0.6) is 5.75 Å². The van der Waals surface area contributed by atoms with E-state index >= 15 is 0 Å². The van der Waals surface area contributed by atoms with Crippen molar-refractivity contribution < 1.29 is 18.6 Å². The minimum atomic E-state index is -0.914. The molecule has 0 aliphatic carbocycles. The van der Waals surface area contributed by atoms with Crippen LogP contribution in [0.4, 0.5) is 8.78 Å². The van der Waals surface area contributed by atoms with Crippen molar-refractivity contribution >= 4 is 0 Å². The molecule has 1 saturated heterocycles. The van der Waals surface area contributed by atoms with Gasteiger partial charge in [-0.1, -0.05) is 0 Å². The highest BCUT2D eigenvalue weighted by Gasteiger charge is 2.14. The molecule has 0 atom stereocenters. The zero-order valence-electron chi connectivity index (χ0n) is 8.75. The summed E-state index contributed by atoms with van der Waals surface area (Å²) >= 11 is 0. The van der Waals surface area contributed by atoms with Gasteiger partial charge in [-0.2, -0.15) is 0 Å². The van der Waals surface area contributed by atoms with Crippen molar-refractivity contribution in [2.75, 3.05) is 26.3 Å². The molecule has 0 amide bonds. The maximum Gasteiger partial charge on any atom is 0.187 e. The molecule has 0 aromatic heterocycles. The Morgan fingerprint density at radius 3 is 2.31 bits per heavy atom. The smallest absolute Gasteiger partial charge is 0.187 e. The number of phenols is 1. The third kappa shape index (κ3) is 2.48. The largest absolute Gasteiger partial charge is 0.503 e. The molecule has 0 radical (unpaired) electrons. The second-order valence-electron chi connectivity index (χ2n) is 3.80. The van der Waals surface area contributed by atoms with E-state index in [1.165, 1.54) is 0 Å². The van der Waals surface area contributed by atoms with Crippen LogP contribution in [0.3, 0.4) is 0 Å². The summed E-state index contributed by atoms with van der Waals surface area (Å²) in [5, 5.41) is 8.95. The minimum absolute atomic E-state index is 0.470. The number of benzene rings is 1. The summed E-state index contributed by atoms with van der Waals surface area (Å²) in [4.78, 5) is 2.05. The third-order valence-electron chi connectivity index (χ3n) is 2.59. The fraction of sp³-hybridized carbons (Fsp3) is 0.455. The van der Waals surface area contributed by atoms with Gasteiger partial charge in [0.1, 0.15) is 0 Å². The van der Waals surface area contributed by atoms with Crippen LogP contribution in [-0.4, -0.2) is 36.3 Å². The zero-order chi connectivity index (χ0) is 11.5. The molecule has 88 valence electrons. The summed E-state index contributed by atoms with van der Waals surface area (Å²) in [5.41, 5.74) is 0.523. The lowest BCUT2D eigenvalue weighted by Crippen LogP contribution is -2.35. The summed E-state index contributed by atoms with van der Waals surface area (Å²) in [6.45, 7) is 3.26. The Bertz CT molecular complexity index is 355. The molecule has 1 aromatic carbocycles. The lowest BCUT2D eigenvalue weighted by molar-refractivity contribution is 0.0341.